The summed E-state index contributed by atoms with van der Waals surface area (Å²) in [5, 5.41) is 3.88. The van der Waals surface area contributed by atoms with E-state index < -0.39 is 0 Å². The molecule has 1 heterocycles. The lowest BCUT2D eigenvalue weighted by molar-refractivity contribution is -0.124. The number of halogens is 1. The van der Waals surface area contributed by atoms with Crippen LogP contribution in [0.15, 0.2) is 28.8 Å². The molecule has 1 saturated carbocycles. The Kier molecular flexibility index (Phi) is 4.08. The standard InChI is InChI=1S/C16H17FN2O2/c17-13-7-3-1-5-11(13)9-15-18-16(21-19-15)10-12-6-2-4-8-14(12)20/h1,3,5,7,12H,2,4,6,8-10H2. The minimum absolute atomic E-state index is 0.000474. The van der Waals surface area contributed by atoms with Gasteiger partial charge in [0.25, 0.3) is 0 Å². The Morgan fingerprint density at radius 2 is 2.14 bits per heavy atom. The molecule has 0 aliphatic heterocycles. The van der Waals surface area contributed by atoms with Gasteiger partial charge in [-0.2, -0.15) is 4.98 Å². The van der Waals surface area contributed by atoms with Crippen LogP contribution in [0.1, 0.15) is 43.0 Å². The molecule has 0 spiro atoms. The van der Waals surface area contributed by atoms with Crippen molar-refractivity contribution in [1.82, 2.24) is 10.1 Å². The molecule has 1 atom stereocenters. The van der Waals surface area contributed by atoms with Crippen LogP contribution >= 0.6 is 0 Å². The molecule has 1 fully saturated rings. The maximum absolute atomic E-state index is 13.6. The Balaban J connectivity index is 1.66. The minimum atomic E-state index is -0.272. The number of hydrogen-bond donors (Lipinski definition) is 0. The molecule has 1 aliphatic carbocycles. The number of hydrogen-bond acceptors (Lipinski definition) is 4. The van der Waals surface area contributed by atoms with Gasteiger partial charge in [0, 0.05) is 25.2 Å². The van der Waals surface area contributed by atoms with E-state index in [-0.39, 0.29) is 17.5 Å². The van der Waals surface area contributed by atoms with Crippen LogP contribution < -0.4 is 0 Å². The highest BCUT2D eigenvalue weighted by Gasteiger charge is 2.24. The van der Waals surface area contributed by atoms with Gasteiger partial charge in [0.15, 0.2) is 5.82 Å². The van der Waals surface area contributed by atoms with Crippen molar-refractivity contribution >= 4 is 5.78 Å². The van der Waals surface area contributed by atoms with Gasteiger partial charge in [0.2, 0.25) is 5.89 Å². The molecular formula is C16H17FN2O2. The number of Topliss-reactive ketones (excluding diaryl/α,β-unsaturated/α-hetero) is 1. The summed E-state index contributed by atoms with van der Waals surface area (Å²) in [7, 11) is 0. The predicted molar refractivity (Wildman–Crippen MR) is 74.2 cm³/mol. The van der Waals surface area contributed by atoms with Gasteiger partial charge < -0.3 is 4.52 Å². The third-order valence-corrected chi connectivity index (χ3v) is 3.92. The van der Waals surface area contributed by atoms with E-state index in [4.69, 9.17) is 4.52 Å². The van der Waals surface area contributed by atoms with E-state index in [0.29, 0.717) is 36.5 Å². The molecule has 1 aliphatic rings. The summed E-state index contributed by atoms with van der Waals surface area (Å²) in [6, 6.07) is 6.54. The van der Waals surface area contributed by atoms with Gasteiger partial charge in [-0.1, -0.05) is 29.8 Å². The summed E-state index contributed by atoms with van der Waals surface area (Å²) in [6.45, 7) is 0. The van der Waals surface area contributed by atoms with E-state index in [1.807, 2.05) is 0 Å². The summed E-state index contributed by atoms with van der Waals surface area (Å²) < 4.78 is 18.8. The topological polar surface area (TPSA) is 56.0 Å². The average Bonchev–Trinajstić information content (AvgIpc) is 2.91. The Morgan fingerprint density at radius 3 is 2.95 bits per heavy atom. The van der Waals surface area contributed by atoms with Crippen LogP contribution in [0.3, 0.4) is 0 Å². The number of aromatic nitrogens is 2. The van der Waals surface area contributed by atoms with E-state index in [1.165, 1.54) is 6.07 Å². The Bertz CT molecular complexity index is 639. The second kappa shape index (κ2) is 6.16. The van der Waals surface area contributed by atoms with E-state index in [1.54, 1.807) is 18.2 Å². The van der Waals surface area contributed by atoms with E-state index in [9.17, 15) is 9.18 Å². The zero-order chi connectivity index (χ0) is 14.7. The Labute approximate surface area is 122 Å². The van der Waals surface area contributed by atoms with Gasteiger partial charge in [-0.05, 0) is 24.5 Å². The number of nitrogens with zero attached hydrogens (tertiary/aromatic N) is 2. The molecule has 21 heavy (non-hydrogen) atoms. The summed E-state index contributed by atoms with van der Waals surface area (Å²) in [6.07, 6.45) is 4.41. The molecule has 3 rings (SSSR count). The molecular weight excluding hydrogens is 271 g/mol. The monoisotopic (exact) mass is 288 g/mol. The van der Waals surface area contributed by atoms with E-state index in [2.05, 4.69) is 10.1 Å². The first-order valence-electron chi connectivity index (χ1n) is 7.30. The maximum Gasteiger partial charge on any atom is 0.227 e. The molecule has 1 unspecified atom stereocenters. The van der Waals surface area contributed by atoms with Gasteiger partial charge in [0.05, 0.1) is 0 Å². The number of carbonyl (C=O) groups is 1. The lowest BCUT2D eigenvalue weighted by Gasteiger charge is -2.18. The third kappa shape index (κ3) is 3.35. The van der Waals surface area contributed by atoms with Gasteiger partial charge in [-0.25, -0.2) is 4.39 Å². The molecule has 1 aromatic carbocycles. The number of carbonyl (C=O) groups excluding carboxylic acids is 1. The van der Waals surface area contributed by atoms with Crippen molar-refractivity contribution in [3.63, 3.8) is 0 Å². The summed E-state index contributed by atoms with van der Waals surface area (Å²) in [4.78, 5) is 16.1. The molecule has 1 aromatic heterocycles. The van der Waals surface area contributed by atoms with E-state index >= 15 is 0 Å². The van der Waals surface area contributed by atoms with Crippen molar-refractivity contribution in [2.45, 2.75) is 38.5 Å². The summed E-state index contributed by atoms with van der Waals surface area (Å²) in [5.41, 5.74) is 0.540. The fourth-order valence-corrected chi connectivity index (χ4v) is 2.74. The zero-order valence-electron chi connectivity index (χ0n) is 11.7. The van der Waals surface area contributed by atoms with Crippen LogP contribution in [-0.4, -0.2) is 15.9 Å². The van der Waals surface area contributed by atoms with Crippen molar-refractivity contribution in [1.29, 1.82) is 0 Å². The van der Waals surface area contributed by atoms with Crippen molar-refractivity contribution in [2.75, 3.05) is 0 Å². The molecule has 0 radical (unpaired) electrons. The van der Waals surface area contributed by atoms with Crippen LogP contribution in [0.4, 0.5) is 4.39 Å². The fourth-order valence-electron chi connectivity index (χ4n) is 2.74. The molecule has 2 aromatic rings. The average molecular weight is 288 g/mol. The maximum atomic E-state index is 13.6. The van der Waals surface area contributed by atoms with Crippen molar-refractivity contribution in [3.05, 3.63) is 47.4 Å². The van der Waals surface area contributed by atoms with Crippen LogP contribution in [0, 0.1) is 11.7 Å². The second-order valence-corrected chi connectivity index (χ2v) is 5.49. The molecule has 0 bridgehead atoms. The lowest BCUT2D eigenvalue weighted by atomic mass is 9.86. The number of rotatable bonds is 4. The van der Waals surface area contributed by atoms with Crippen molar-refractivity contribution in [2.24, 2.45) is 5.92 Å². The third-order valence-electron chi connectivity index (χ3n) is 3.92. The summed E-state index contributed by atoms with van der Waals surface area (Å²) >= 11 is 0. The summed E-state index contributed by atoms with van der Waals surface area (Å²) in [5.74, 6) is 0.946. The Morgan fingerprint density at radius 1 is 1.29 bits per heavy atom. The molecule has 0 amide bonds. The van der Waals surface area contributed by atoms with Gasteiger partial charge in [0.1, 0.15) is 11.6 Å². The first-order chi connectivity index (χ1) is 10.2. The number of benzene rings is 1. The fraction of sp³-hybridized carbons (Fsp3) is 0.438. The molecule has 5 heteroatoms. The van der Waals surface area contributed by atoms with Gasteiger partial charge in [-0.3, -0.25) is 4.79 Å². The highest BCUT2D eigenvalue weighted by Crippen LogP contribution is 2.23. The van der Waals surface area contributed by atoms with Crippen molar-refractivity contribution in [3.8, 4) is 0 Å². The molecule has 0 N–H and O–H groups in total. The Hall–Kier alpha value is -2.04. The van der Waals surface area contributed by atoms with Crippen LogP contribution in [0.25, 0.3) is 0 Å². The predicted octanol–water partition coefficient (Wildman–Crippen LogP) is 3.10. The molecule has 110 valence electrons. The first-order valence-corrected chi connectivity index (χ1v) is 7.30. The molecule has 0 saturated heterocycles. The zero-order valence-corrected chi connectivity index (χ0v) is 11.7. The highest BCUT2D eigenvalue weighted by molar-refractivity contribution is 5.81. The quantitative estimate of drug-likeness (QED) is 0.867. The van der Waals surface area contributed by atoms with Crippen LogP contribution in [-0.2, 0) is 17.6 Å². The number of ketones is 1. The van der Waals surface area contributed by atoms with Crippen molar-refractivity contribution < 1.29 is 13.7 Å². The van der Waals surface area contributed by atoms with Gasteiger partial charge in [-0.15, -0.1) is 0 Å². The lowest BCUT2D eigenvalue weighted by Crippen LogP contribution is -2.21. The molecule has 4 nitrogen and oxygen atoms in total. The minimum Gasteiger partial charge on any atom is -0.339 e. The first kappa shape index (κ1) is 13.9. The van der Waals surface area contributed by atoms with Gasteiger partial charge >= 0.3 is 0 Å². The smallest absolute Gasteiger partial charge is 0.227 e. The SMILES string of the molecule is O=C1CCCCC1Cc1nc(Cc2ccccc2F)no1. The van der Waals surface area contributed by atoms with Crippen LogP contribution in [0.5, 0.6) is 0 Å². The largest absolute Gasteiger partial charge is 0.339 e. The second-order valence-electron chi connectivity index (χ2n) is 5.49. The van der Waals surface area contributed by atoms with Crippen LogP contribution in [0.2, 0.25) is 0 Å². The normalized spacial score (nSPS) is 18.9. The highest BCUT2D eigenvalue weighted by atomic mass is 19.1. The van der Waals surface area contributed by atoms with E-state index in [0.717, 1.165) is 19.3 Å².